The highest BCUT2D eigenvalue weighted by Crippen LogP contribution is 2.25. The molecule has 1 unspecified atom stereocenters. The van der Waals surface area contributed by atoms with Crippen LogP contribution in [0.5, 0.6) is 0 Å². The van der Waals surface area contributed by atoms with Gasteiger partial charge in [0.25, 0.3) is 0 Å². The lowest BCUT2D eigenvalue weighted by molar-refractivity contribution is 0.219. The molecular weight excluding hydrogens is 239 g/mol. The van der Waals surface area contributed by atoms with Gasteiger partial charge in [-0.3, -0.25) is 0 Å². The lowest BCUT2D eigenvalue weighted by Crippen LogP contribution is -2.01. The maximum absolute atomic E-state index is 13.5. The molecule has 0 aliphatic carbocycles. The van der Waals surface area contributed by atoms with E-state index in [9.17, 15) is 9.50 Å². The van der Waals surface area contributed by atoms with Crippen molar-refractivity contribution in [2.24, 2.45) is 0 Å². The molecule has 0 aromatic heterocycles. The summed E-state index contributed by atoms with van der Waals surface area (Å²) >= 11 is 0. The summed E-state index contributed by atoms with van der Waals surface area (Å²) in [5, 5.41) is 10.3. The van der Waals surface area contributed by atoms with Gasteiger partial charge in [0, 0.05) is 0 Å². The monoisotopic (exact) mass is 258 g/mol. The third-order valence-electron chi connectivity index (χ3n) is 3.43. The highest BCUT2D eigenvalue weighted by atomic mass is 19.1. The first-order chi connectivity index (χ1) is 8.99. The van der Waals surface area contributed by atoms with Crippen molar-refractivity contribution in [1.82, 2.24) is 0 Å². The molecule has 0 saturated carbocycles. The Bertz CT molecular complexity index is 558. The van der Waals surface area contributed by atoms with Gasteiger partial charge >= 0.3 is 0 Å². The second-order valence-corrected chi connectivity index (χ2v) is 5.23. The van der Waals surface area contributed by atoms with E-state index in [0.717, 1.165) is 5.56 Å². The van der Waals surface area contributed by atoms with Crippen LogP contribution in [0.2, 0.25) is 0 Å². The molecular formula is C17H19FO. The zero-order valence-electron chi connectivity index (χ0n) is 11.5. The van der Waals surface area contributed by atoms with Gasteiger partial charge in [0.15, 0.2) is 0 Å². The van der Waals surface area contributed by atoms with Crippen molar-refractivity contribution in [3.8, 4) is 0 Å². The molecule has 0 heterocycles. The number of aliphatic hydroxyl groups is 1. The SMILES string of the molecule is Cc1ccc(C(O)c2ccc(C(C)C)cc2)cc1F. The molecule has 1 nitrogen and oxygen atoms in total. The Morgan fingerprint density at radius 2 is 1.42 bits per heavy atom. The summed E-state index contributed by atoms with van der Waals surface area (Å²) in [5.74, 6) is 0.179. The van der Waals surface area contributed by atoms with E-state index in [-0.39, 0.29) is 5.82 Å². The van der Waals surface area contributed by atoms with Gasteiger partial charge in [-0.25, -0.2) is 4.39 Å². The van der Waals surface area contributed by atoms with Gasteiger partial charge in [0.1, 0.15) is 11.9 Å². The van der Waals surface area contributed by atoms with Gasteiger partial charge in [0.05, 0.1) is 0 Å². The van der Waals surface area contributed by atoms with E-state index >= 15 is 0 Å². The Balaban J connectivity index is 2.27. The zero-order valence-corrected chi connectivity index (χ0v) is 11.5. The van der Waals surface area contributed by atoms with Crippen molar-refractivity contribution >= 4 is 0 Å². The van der Waals surface area contributed by atoms with Crippen LogP contribution in [0.25, 0.3) is 0 Å². The average Bonchev–Trinajstić information content (AvgIpc) is 2.41. The van der Waals surface area contributed by atoms with Crippen molar-refractivity contribution in [2.45, 2.75) is 32.8 Å². The minimum absolute atomic E-state index is 0.282. The minimum Gasteiger partial charge on any atom is -0.384 e. The third-order valence-corrected chi connectivity index (χ3v) is 3.43. The Morgan fingerprint density at radius 1 is 0.895 bits per heavy atom. The fourth-order valence-corrected chi connectivity index (χ4v) is 2.03. The Hall–Kier alpha value is -1.67. The second kappa shape index (κ2) is 5.54. The molecule has 0 saturated heterocycles. The maximum Gasteiger partial charge on any atom is 0.126 e. The van der Waals surface area contributed by atoms with Crippen molar-refractivity contribution in [1.29, 1.82) is 0 Å². The smallest absolute Gasteiger partial charge is 0.126 e. The van der Waals surface area contributed by atoms with E-state index in [4.69, 9.17) is 0 Å². The lowest BCUT2D eigenvalue weighted by Gasteiger charge is -2.13. The molecule has 100 valence electrons. The molecule has 0 aliphatic heterocycles. The molecule has 0 bridgehead atoms. The van der Waals surface area contributed by atoms with Crippen LogP contribution in [0.4, 0.5) is 4.39 Å². The zero-order chi connectivity index (χ0) is 14.0. The Morgan fingerprint density at radius 3 is 1.95 bits per heavy atom. The number of hydrogen-bond acceptors (Lipinski definition) is 1. The molecule has 2 aromatic carbocycles. The minimum atomic E-state index is -0.781. The number of benzene rings is 2. The molecule has 0 amide bonds. The van der Waals surface area contributed by atoms with Crippen LogP contribution in [0.15, 0.2) is 42.5 Å². The fourth-order valence-electron chi connectivity index (χ4n) is 2.03. The first-order valence-electron chi connectivity index (χ1n) is 6.53. The first-order valence-corrected chi connectivity index (χ1v) is 6.53. The summed E-state index contributed by atoms with van der Waals surface area (Å²) in [4.78, 5) is 0. The van der Waals surface area contributed by atoms with Crippen molar-refractivity contribution in [3.05, 3.63) is 70.5 Å². The van der Waals surface area contributed by atoms with Crippen molar-refractivity contribution in [3.63, 3.8) is 0 Å². The second-order valence-electron chi connectivity index (χ2n) is 5.23. The molecule has 1 atom stereocenters. The van der Waals surface area contributed by atoms with Crippen molar-refractivity contribution in [2.75, 3.05) is 0 Å². The average molecular weight is 258 g/mol. The maximum atomic E-state index is 13.5. The molecule has 2 heteroatoms. The quantitative estimate of drug-likeness (QED) is 0.868. The van der Waals surface area contributed by atoms with Gasteiger partial charge in [0.2, 0.25) is 0 Å². The van der Waals surface area contributed by atoms with E-state index in [0.29, 0.717) is 17.0 Å². The fraction of sp³-hybridized carbons (Fsp3) is 0.294. The van der Waals surface area contributed by atoms with Crippen LogP contribution in [0.1, 0.15) is 48.1 Å². The van der Waals surface area contributed by atoms with E-state index in [2.05, 4.69) is 13.8 Å². The first kappa shape index (κ1) is 13.8. The molecule has 1 N–H and O–H groups in total. The number of rotatable bonds is 3. The number of aliphatic hydroxyl groups excluding tert-OH is 1. The Kier molecular flexibility index (Phi) is 4.01. The molecule has 0 fully saturated rings. The number of aryl methyl sites for hydroxylation is 1. The van der Waals surface area contributed by atoms with Crippen molar-refractivity contribution < 1.29 is 9.50 Å². The van der Waals surface area contributed by atoms with Gasteiger partial charge in [-0.15, -0.1) is 0 Å². The van der Waals surface area contributed by atoms with E-state index in [1.54, 1.807) is 19.1 Å². The predicted octanol–water partition coefficient (Wildman–Crippen LogP) is 4.34. The molecule has 0 aliphatic rings. The molecule has 2 rings (SSSR count). The van der Waals surface area contributed by atoms with Crippen LogP contribution in [-0.4, -0.2) is 5.11 Å². The van der Waals surface area contributed by atoms with Crippen LogP contribution in [-0.2, 0) is 0 Å². The highest BCUT2D eigenvalue weighted by Gasteiger charge is 2.12. The predicted molar refractivity (Wildman–Crippen MR) is 75.7 cm³/mol. The number of hydrogen-bond donors (Lipinski definition) is 1. The summed E-state index contributed by atoms with van der Waals surface area (Å²) in [6.07, 6.45) is -0.781. The standard InChI is InChI=1S/C17H19FO/c1-11(2)13-6-8-14(9-7-13)17(19)15-5-4-12(3)16(18)10-15/h4-11,17,19H,1-3H3. The van der Waals surface area contributed by atoms with Gasteiger partial charge < -0.3 is 5.11 Å². The van der Waals surface area contributed by atoms with E-state index in [1.807, 2.05) is 24.3 Å². The van der Waals surface area contributed by atoms with E-state index in [1.165, 1.54) is 11.6 Å². The highest BCUT2D eigenvalue weighted by molar-refractivity contribution is 5.34. The lowest BCUT2D eigenvalue weighted by atomic mass is 9.96. The normalized spacial score (nSPS) is 12.7. The van der Waals surface area contributed by atoms with E-state index < -0.39 is 6.10 Å². The van der Waals surface area contributed by atoms with Crippen LogP contribution in [0, 0.1) is 12.7 Å². The number of halogens is 1. The van der Waals surface area contributed by atoms with Crippen LogP contribution < -0.4 is 0 Å². The van der Waals surface area contributed by atoms with Crippen LogP contribution >= 0.6 is 0 Å². The third kappa shape index (κ3) is 3.02. The summed E-state index contributed by atoms with van der Waals surface area (Å²) in [6, 6.07) is 12.7. The topological polar surface area (TPSA) is 20.2 Å². The largest absolute Gasteiger partial charge is 0.384 e. The summed E-state index contributed by atoms with van der Waals surface area (Å²) in [6.45, 7) is 5.96. The van der Waals surface area contributed by atoms with Gasteiger partial charge in [-0.2, -0.15) is 0 Å². The molecule has 19 heavy (non-hydrogen) atoms. The summed E-state index contributed by atoms with van der Waals surface area (Å²) < 4.78 is 13.5. The molecule has 2 aromatic rings. The van der Waals surface area contributed by atoms with Gasteiger partial charge in [-0.1, -0.05) is 50.2 Å². The van der Waals surface area contributed by atoms with Crippen LogP contribution in [0.3, 0.4) is 0 Å². The summed E-state index contributed by atoms with van der Waals surface area (Å²) in [5.41, 5.74) is 3.19. The Labute approximate surface area is 113 Å². The summed E-state index contributed by atoms with van der Waals surface area (Å²) in [7, 11) is 0. The van der Waals surface area contributed by atoms with Gasteiger partial charge in [-0.05, 0) is 41.2 Å². The molecule has 0 spiro atoms. The molecule has 0 radical (unpaired) electrons.